The van der Waals surface area contributed by atoms with E-state index in [0.717, 1.165) is 44.7 Å². The van der Waals surface area contributed by atoms with Crippen LogP contribution in [0, 0.1) is 11.3 Å². The predicted octanol–water partition coefficient (Wildman–Crippen LogP) is 1.47. The van der Waals surface area contributed by atoms with Crippen LogP contribution in [-0.4, -0.2) is 43.8 Å². The van der Waals surface area contributed by atoms with Gasteiger partial charge in [0.1, 0.15) is 0 Å². The van der Waals surface area contributed by atoms with Crippen molar-refractivity contribution < 1.29 is 4.74 Å². The molecule has 2 aliphatic rings. The highest BCUT2D eigenvalue weighted by Crippen LogP contribution is 2.34. The van der Waals surface area contributed by atoms with Crippen molar-refractivity contribution >= 4 is 0 Å². The van der Waals surface area contributed by atoms with Crippen molar-refractivity contribution in [2.24, 2.45) is 17.1 Å². The van der Waals surface area contributed by atoms with Crippen LogP contribution in [0.25, 0.3) is 0 Å². The summed E-state index contributed by atoms with van der Waals surface area (Å²) in [5.74, 6) is 0.748. The summed E-state index contributed by atoms with van der Waals surface area (Å²) in [5.41, 5.74) is 6.21. The lowest BCUT2D eigenvalue weighted by molar-refractivity contribution is 0.104. The van der Waals surface area contributed by atoms with Crippen LogP contribution in [0.4, 0.5) is 0 Å². The van der Waals surface area contributed by atoms with Crippen LogP contribution in [-0.2, 0) is 4.74 Å². The molecule has 1 heterocycles. The second-order valence-corrected chi connectivity index (χ2v) is 6.06. The van der Waals surface area contributed by atoms with Crippen LogP contribution in [0.3, 0.4) is 0 Å². The monoisotopic (exact) mass is 226 g/mol. The SMILES string of the molecule is CC(C)CN(CC1(CN)CCOC1)C1CC1. The molecule has 2 N–H and O–H groups in total. The Hall–Kier alpha value is -0.120. The van der Waals surface area contributed by atoms with E-state index in [1.165, 1.54) is 19.4 Å². The zero-order chi connectivity index (χ0) is 11.6. The van der Waals surface area contributed by atoms with Gasteiger partial charge in [-0.25, -0.2) is 0 Å². The second kappa shape index (κ2) is 5.03. The normalized spacial score (nSPS) is 30.6. The highest BCUT2D eigenvalue weighted by molar-refractivity contribution is 4.93. The summed E-state index contributed by atoms with van der Waals surface area (Å²) in [7, 11) is 0. The van der Waals surface area contributed by atoms with E-state index < -0.39 is 0 Å². The van der Waals surface area contributed by atoms with Crippen molar-refractivity contribution in [2.45, 2.75) is 39.2 Å². The fourth-order valence-corrected chi connectivity index (χ4v) is 2.68. The van der Waals surface area contributed by atoms with E-state index >= 15 is 0 Å². The molecule has 1 saturated heterocycles. The molecule has 1 saturated carbocycles. The molecule has 16 heavy (non-hydrogen) atoms. The molecule has 0 radical (unpaired) electrons. The number of ether oxygens (including phenoxy) is 1. The quantitative estimate of drug-likeness (QED) is 0.745. The molecule has 3 nitrogen and oxygen atoms in total. The number of hydrogen-bond donors (Lipinski definition) is 1. The van der Waals surface area contributed by atoms with Crippen molar-refractivity contribution in [3.63, 3.8) is 0 Å². The number of nitrogens with two attached hydrogens (primary N) is 1. The van der Waals surface area contributed by atoms with Crippen molar-refractivity contribution in [3.8, 4) is 0 Å². The topological polar surface area (TPSA) is 38.5 Å². The molecular weight excluding hydrogens is 200 g/mol. The fraction of sp³-hybridized carbons (Fsp3) is 1.00. The molecule has 2 fully saturated rings. The first kappa shape index (κ1) is 12.3. The molecule has 0 aromatic carbocycles. The van der Waals surface area contributed by atoms with E-state index in [1.54, 1.807) is 0 Å². The van der Waals surface area contributed by atoms with Gasteiger partial charge in [0.15, 0.2) is 0 Å². The van der Waals surface area contributed by atoms with Gasteiger partial charge in [0, 0.05) is 37.7 Å². The smallest absolute Gasteiger partial charge is 0.0547 e. The van der Waals surface area contributed by atoms with E-state index in [-0.39, 0.29) is 5.41 Å². The highest BCUT2D eigenvalue weighted by atomic mass is 16.5. The third kappa shape index (κ3) is 2.96. The van der Waals surface area contributed by atoms with Crippen molar-refractivity contribution in [1.29, 1.82) is 0 Å². The Morgan fingerprint density at radius 2 is 2.19 bits per heavy atom. The molecule has 0 aromatic heterocycles. The molecular formula is C13H26N2O. The first-order valence-electron chi connectivity index (χ1n) is 6.67. The van der Waals surface area contributed by atoms with Crippen LogP contribution in [0.15, 0.2) is 0 Å². The Bertz CT molecular complexity index is 220. The standard InChI is InChI=1S/C13H26N2O/c1-11(2)7-15(12-3-4-12)9-13(8-14)5-6-16-10-13/h11-12H,3-10,14H2,1-2H3. The predicted molar refractivity (Wildman–Crippen MR) is 66.4 cm³/mol. The molecule has 1 aliphatic carbocycles. The number of nitrogens with zero attached hydrogens (tertiary/aromatic N) is 1. The third-order valence-electron chi connectivity index (χ3n) is 3.82. The Balaban J connectivity index is 1.92. The van der Waals surface area contributed by atoms with Gasteiger partial charge >= 0.3 is 0 Å². The molecule has 1 aliphatic heterocycles. The van der Waals surface area contributed by atoms with Gasteiger partial charge in [0.05, 0.1) is 6.61 Å². The largest absolute Gasteiger partial charge is 0.381 e. The molecule has 0 bridgehead atoms. The summed E-state index contributed by atoms with van der Waals surface area (Å²) in [5, 5.41) is 0. The first-order chi connectivity index (χ1) is 7.65. The minimum atomic E-state index is 0.248. The lowest BCUT2D eigenvalue weighted by Gasteiger charge is -2.34. The van der Waals surface area contributed by atoms with E-state index in [0.29, 0.717) is 0 Å². The van der Waals surface area contributed by atoms with Crippen LogP contribution >= 0.6 is 0 Å². The summed E-state index contributed by atoms with van der Waals surface area (Å²) in [4.78, 5) is 2.66. The molecule has 94 valence electrons. The zero-order valence-electron chi connectivity index (χ0n) is 10.7. The van der Waals surface area contributed by atoms with Crippen molar-refractivity contribution in [3.05, 3.63) is 0 Å². The maximum Gasteiger partial charge on any atom is 0.0547 e. The van der Waals surface area contributed by atoms with Gasteiger partial charge in [-0.15, -0.1) is 0 Å². The molecule has 3 heteroatoms. The van der Waals surface area contributed by atoms with E-state index in [4.69, 9.17) is 10.5 Å². The zero-order valence-corrected chi connectivity index (χ0v) is 10.7. The van der Waals surface area contributed by atoms with E-state index in [9.17, 15) is 0 Å². The molecule has 1 unspecified atom stereocenters. The second-order valence-electron chi connectivity index (χ2n) is 6.06. The van der Waals surface area contributed by atoms with Gasteiger partial charge in [0.2, 0.25) is 0 Å². The Morgan fingerprint density at radius 1 is 1.44 bits per heavy atom. The summed E-state index contributed by atoms with van der Waals surface area (Å²) in [6, 6.07) is 0.839. The van der Waals surface area contributed by atoms with Crippen LogP contribution < -0.4 is 5.73 Å². The number of rotatable bonds is 6. The van der Waals surface area contributed by atoms with Gasteiger partial charge < -0.3 is 10.5 Å². The maximum atomic E-state index is 5.96. The average molecular weight is 226 g/mol. The van der Waals surface area contributed by atoms with Crippen LogP contribution in [0.1, 0.15) is 33.1 Å². The van der Waals surface area contributed by atoms with Gasteiger partial charge in [-0.2, -0.15) is 0 Å². The lowest BCUT2D eigenvalue weighted by atomic mass is 9.86. The van der Waals surface area contributed by atoms with Crippen molar-refractivity contribution in [2.75, 3.05) is 32.8 Å². The van der Waals surface area contributed by atoms with Crippen LogP contribution in [0.2, 0.25) is 0 Å². The van der Waals surface area contributed by atoms with Crippen molar-refractivity contribution in [1.82, 2.24) is 4.90 Å². The minimum Gasteiger partial charge on any atom is -0.381 e. The molecule has 0 amide bonds. The molecule has 0 spiro atoms. The Morgan fingerprint density at radius 3 is 2.62 bits per heavy atom. The molecule has 1 atom stereocenters. The fourth-order valence-electron chi connectivity index (χ4n) is 2.68. The van der Waals surface area contributed by atoms with Crippen LogP contribution in [0.5, 0.6) is 0 Å². The lowest BCUT2D eigenvalue weighted by Crippen LogP contribution is -2.45. The summed E-state index contributed by atoms with van der Waals surface area (Å²) >= 11 is 0. The summed E-state index contributed by atoms with van der Waals surface area (Å²) < 4.78 is 5.55. The van der Waals surface area contributed by atoms with Gasteiger partial charge in [-0.1, -0.05) is 13.8 Å². The Kier molecular flexibility index (Phi) is 3.88. The maximum absolute atomic E-state index is 5.96. The van der Waals surface area contributed by atoms with Gasteiger partial charge in [0.25, 0.3) is 0 Å². The van der Waals surface area contributed by atoms with E-state index in [1.807, 2.05) is 0 Å². The third-order valence-corrected chi connectivity index (χ3v) is 3.82. The average Bonchev–Trinajstić information content (AvgIpc) is 2.99. The van der Waals surface area contributed by atoms with Gasteiger partial charge in [-0.3, -0.25) is 4.90 Å². The van der Waals surface area contributed by atoms with E-state index in [2.05, 4.69) is 18.7 Å². The molecule has 2 rings (SSSR count). The molecule has 0 aromatic rings. The van der Waals surface area contributed by atoms with Gasteiger partial charge in [-0.05, 0) is 25.2 Å². The number of hydrogen-bond acceptors (Lipinski definition) is 3. The summed E-state index contributed by atoms with van der Waals surface area (Å²) in [6.07, 6.45) is 3.91. The minimum absolute atomic E-state index is 0.248. The Labute approximate surface area is 99.3 Å². The summed E-state index contributed by atoms with van der Waals surface area (Å²) in [6.45, 7) is 9.50. The first-order valence-corrected chi connectivity index (χ1v) is 6.67. The highest BCUT2D eigenvalue weighted by Gasteiger charge is 2.39.